The molecule has 0 spiro atoms. The summed E-state index contributed by atoms with van der Waals surface area (Å²) in [4.78, 5) is 27.6. The first kappa shape index (κ1) is 48.2. The summed E-state index contributed by atoms with van der Waals surface area (Å²) in [6.45, 7) is 23.1. The molecule has 1 saturated heterocycles. The number of benzene rings is 2. The molecule has 8 nitrogen and oxygen atoms in total. The predicted molar refractivity (Wildman–Crippen MR) is 215 cm³/mol. The Morgan fingerprint density at radius 1 is 0.922 bits per heavy atom. The van der Waals surface area contributed by atoms with E-state index in [1.54, 1.807) is 6.07 Å². The summed E-state index contributed by atoms with van der Waals surface area (Å²) in [5.74, 6) is -1.24. The molecule has 2 unspecified atom stereocenters. The molecular weight excluding hydrogens is 661 g/mol. The maximum Gasteiger partial charge on any atom is 0.326 e. The van der Waals surface area contributed by atoms with Crippen LogP contribution in [0.25, 0.3) is 11.1 Å². The summed E-state index contributed by atoms with van der Waals surface area (Å²) in [7, 11) is -3.37. The Morgan fingerprint density at radius 3 is 2.08 bits per heavy atom. The highest BCUT2D eigenvalue weighted by Crippen LogP contribution is 2.30. The number of carboxylic acids is 1. The Kier molecular flexibility index (Phi) is 25.5. The summed E-state index contributed by atoms with van der Waals surface area (Å²) < 4.78 is 29.5. The van der Waals surface area contributed by atoms with E-state index in [2.05, 4.69) is 31.0 Å². The number of aryl methyl sites for hydroxylation is 1. The van der Waals surface area contributed by atoms with E-state index >= 15 is 0 Å². The fourth-order valence-electron chi connectivity index (χ4n) is 5.82. The minimum Gasteiger partial charge on any atom is -0.480 e. The number of rotatable bonds is 13. The lowest BCUT2D eigenvalue weighted by Crippen LogP contribution is -2.42. The third-order valence-electron chi connectivity index (χ3n) is 8.92. The molecule has 292 valence electrons. The number of carbonyl (C=O) groups is 2. The predicted octanol–water partition coefficient (Wildman–Crippen LogP) is 9.72. The van der Waals surface area contributed by atoms with Crippen molar-refractivity contribution in [3.05, 3.63) is 59.2 Å². The SMILES string of the molecule is CC.CC.CC.CCC(C)C.Cc1ccccc1-c1cc(CN2CCCC2COC2CCCCC2)ccc1C(=O)NC(CCS(C)(=O)=O)C(=O)O. The van der Waals surface area contributed by atoms with Gasteiger partial charge >= 0.3 is 5.97 Å². The number of hydrogen-bond acceptors (Lipinski definition) is 6. The van der Waals surface area contributed by atoms with Crippen molar-refractivity contribution in [3.8, 4) is 11.1 Å². The fourth-order valence-corrected chi connectivity index (χ4v) is 6.48. The molecule has 51 heavy (non-hydrogen) atoms. The normalized spacial score (nSPS) is 16.5. The molecular formula is C42H72N2O6S. The van der Waals surface area contributed by atoms with Gasteiger partial charge in [-0.15, -0.1) is 0 Å². The van der Waals surface area contributed by atoms with Gasteiger partial charge in [-0.3, -0.25) is 9.69 Å². The lowest BCUT2D eigenvalue weighted by Gasteiger charge is -2.28. The molecule has 1 amide bonds. The number of likely N-dealkylation sites (tertiary alicyclic amines) is 1. The molecule has 1 saturated carbocycles. The van der Waals surface area contributed by atoms with Crippen molar-refractivity contribution in [1.82, 2.24) is 10.2 Å². The summed E-state index contributed by atoms with van der Waals surface area (Å²) in [5, 5.41) is 12.2. The molecule has 1 aliphatic carbocycles. The first-order chi connectivity index (χ1) is 24.4. The zero-order valence-electron chi connectivity index (χ0n) is 33.9. The van der Waals surface area contributed by atoms with Gasteiger partial charge in [0.2, 0.25) is 0 Å². The smallest absolute Gasteiger partial charge is 0.326 e. The lowest BCUT2D eigenvalue weighted by molar-refractivity contribution is -0.139. The maximum absolute atomic E-state index is 13.4. The standard InChI is InChI=1S/C31H42N2O6S.C5H12.3C2H6/c1-22-9-6-7-13-26(22)28-19-23(20-33-17-8-10-24(33)21-39-25-11-4-3-5-12-25)14-15-27(28)30(34)32-29(31(35)36)16-18-40(2,37)38;1-4-5(2)3;3*1-2/h6-7,9,13-15,19,24-25,29H,3-5,8,10-12,16-18,20-21H2,1-2H3,(H,32,34)(H,35,36);5H,4H2,1-3H3;3*1-2H3. The molecule has 2 aromatic carbocycles. The Labute approximate surface area is 312 Å². The number of sulfone groups is 1. The van der Waals surface area contributed by atoms with Crippen LogP contribution in [0.2, 0.25) is 0 Å². The van der Waals surface area contributed by atoms with Crippen LogP contribution < -0.4 is 5.32 Å². The van der Waals surface area contributed by atoms with Crippen molar-refractivity contribution in [2.75, 3.05) is 25.2 Å². The van der Waals surface area contributed by atoms with E-state index in [1.165, 1.54) is 25.7 Å². The largest absolute Gasteiger partial charge is 0.480 e. The minimum absolute atomic E-state index is 0.197. The number of carboxylic acid groups (broad SMARTS) is 1. The monoisotopic (exact) mass is 733 g/mol. The molecule has 2 aliphatic rings. The number of ether oxygens (including phenoxy) is 1. The highest BCUT2D eigenvalue weighted by Gasteiger charge is 2.28. The highest BCUT2D eigenvalue weighted by molar-refractivity contribution is 7.90. The summed E-state index contributed by atoms with van der Waals surface area (Å²) in [5.41, 5.74) is 4.07. The second-order valence-corrected chi connectivity index (χ2v) is 15.4. The number of nitrogens with one attached hydrogen (secondary N) is 1. The van der Waals surface area contributed by atoms with Crippen LogP contribution in [-0.2, 0) is 25.9 Å². The average molecular weight is 733 g/mol. The van der Waals surface area contributed by atoms with Crippen LogP contribution in [0.15, 0.2) is 42.5 Å². The quantitative estimate of drug-likeness (QED) is 0.211. The first-order valence-electron chi connectivity index (χ1n) is 19.6. The van der Waals surface area contributed by atoms with E-state index in [0.29, 0.717) is 17.7 Å². The zero-order chi connectivity index (χ0) is 39.0. The number of aliphatic carboxylic acids is 1. The van der Waals surface area contributed by atoms with Crippen molar-refractivity contribution < 1.29 is 27.9 Å². The van der Waals surface area contributed by atoms with Gasteiger partial charge in [0.15, 0.2) is 0 Å². The molecule has 0 radical (unpaired) electrons. The first-order valence-corrected chi connectivity index (χ1v) is 21.7. The van der Waals surface area contributed by atoms with Gasteiger partial charge in [0.05, 0.1) is 18.5 Å². The number of nitrogens with zero attached hydrogens (tertiary/aromatic N) is 1. The van der Waals surface area contributed by atoms with E-state index in [9.17, 15) is 23.1 Å². The van der Waals surface area contributed by atoms with E-state index in [4.69, 9.17) is 4.74 Å². The summed E-state index contributed by atoms with van der Waals surface area (Å²) in [6, 6.07) is 12.6. The van der Waals surface area contributed by atoms with Crippen molar-refractivity contribution in [3.63, 3.8) is 0 Å². The molecule has 2 N–H and O–H groups in total. The van der Waals surface area contributed by atoms with Gasteiger partial charge in [0.1, 0.15) is 15.9 Å². The Hall–Kier alpha value is -2.75. The van der Waals surface area contributed by atoms with Gasteiger partial charge in [-0.2, -0.15) is 0 Å². The molecule has 4 rings (SSSR count). The third-order valence-corrected chi connectivity index (χ3v) is 9.90. The molecule has 0 bridgehead atoms. The summed E-state index contributed by atoms with van der Waals surface area (Å²) in [6.07, 6.45) is 10.9. The fraction of sp³-hybridized carbons (Fsp3) is 0.667. The second kappa shape index (κ2) is 26.9. The Bertz CT molecular complexity index is 1350. The number of hydrogen-bond donors (Lipinski definition) is 2. The van der Waals surface area contributed by atoms with E-state index in [-0.39, 0.29) is 12.2 Å². The average Bonchev–Trinajstić information content (AvgIpc) is 3.58. The van der Waals surface area contributed by atoms with E-state index in [0.717, 1.165) is 79.8 Å². The van der Waals surface area contributed by atoms with Crippen molar-refractivity contribution >= 4 is 21.7 Å². The maximum atomic E-state index is 13.4. The lowest BCUT2D eigenvalue weighted by atomic mass is 9.93. The van der Waals surface area contributed by atoms with Crippen LogP contribution in [0, 0.1) is 12.8 Å². The van der Waals surface area contributed by atoms with Crippen molar-refractivity contribution in [1.29, 1.82) is 0 Å². The van der Waals surface area contributed by atoms with Crippen molar-refractivity contribution in [2.24, 2.45) is 5.92 Å². The summed E-state index contributed by atoms with van der Waals surface area (Å²) >= 11 is 0. The van der Waals surface area contributed by atoms with Crippen LogP contribution in [0.5, 0.6) is 0 Å². The number of amides is 1. The van der Waals surface area contributed by atoms with Gasteiger partial charge < -0.3 is 15.2 Å². The van der Waals surface area contributed by atoms with Gasteiger partial charge in [-0.25, -0.2) is 13.2 Å². The minimum atomic E-state index is -3.37. The molecule has 9 heteroatoms. The molecule has 2 aromatic rings. The van der Waals surface area contributed by atoms with Crippen LogP contribution in [-0.4, -0.2) is 73.6 Å². The topological polar surface area (TPSA) is 113 Å². The van der Waals surface area contributed by atoms with Gasteiger partial charge in [-0.05, 0) is 85.9 Å². The Balaban J connectivity index is 0.00000203. The molecule has 1 heterocycles. The van der Waals surface area contributed by atoms with Crippen LogP contribution in [0.3, 0.4) is 0 Å². The van der Waals surface area contributed by atoms with E-state index in [1.807, 2.05) is 84.9 Å². The van der Waals surface area contributed by atoms with Crippen LogP contribution >= 0.6 is 0 Å². The van der Waals surface area contributed by atoms with Gasteiger partial charge in [-0.1, -0.05) is 118 Å². The van der Waals surface area contributed by atoms with Crippen LogP contribution in [0.4, 0.5) is 0 Å². The highest BCUT2D eigenvalue weighted by atomic mass is 32.2. The van der Waals surface area contributed by atoms with Crippen LogP contribution in [0.1, 0.15) is 142 Å². The van der Waals surface area contributed by atoms with Crippen molar-refractivity contribution in [2.45, 2.75) is 152 Å². The van der Waals surface area contributed by atoms with Gasteiger partial charge in [0.25, 0.3) is 5.91 Å². The zero-order valence-corrected chi connectivity index (χ0v) is 34.7. The molecule has 2 atom stereocenters. The second-order valence-electron chi connectivity index (χ2n) is 13.1. The molecule has 2 fully saturated rings. The molecule has 1 aliphatic heterocycles. The molecule has 0 aromatic heterocycles. The van der Waals surface area contributed by atoms with Gasteiger partial charge in [0, 0.05) is 24.4 Å². The van der Waals surface area contributed by atoms with E-state index < -0.39 is 27.8 Å². The Morgan fingerprint density at radius 2 is 1.53 bits per heavy atom. The third kappa shape index (κ3) is 18.5. The number of carbonyl (C=O) groups excluding carboxylic acids is 1.